The van der Waals surface area contributed by atoms with Crippen LogP contribution in [-0.2, 0) is 0 Å². The number of rotatable bonds is 7. The van der Waals surface area contributed by atoms with Gasteiger partial charge in [-0.25, -0.2) is 4.68 Å². The summed E-state index contributed by atoms with van der Waals surface area (Å²) < 4.78 is 7.02. The van der Waals surface area contributed by atoms with Crippen molar-refractivity contribution in [2.24, 2.45) is 0 Å². The molecule has 0 aliphatic heterocycles. The minimum Gasteiger partial charge on any atom is -0.497 e. The third-order valence-electron chi connectivity index (χ3n) is 4.19. The molecule has 0 aliphatic carbocycles. The van der Waals surface area contributed by atoms with Gasteiger partial charge in [0, 0.05) is 12.2 Å². The zero-order chi connectivity index (χ0) is 19.3. The summed E-state index contributed by atoms with van der Waals surface area (Å²) in [5, 5.41) is 11.9. The van der Waals surface area contributed by atoms with Gasteiger partial charge in [-0.1, -0.05) is 24.3 Å². The van der Waals surface area contributed by atoms with Crippen LogP contribution in [-0.4, -0.2) is 33.4 Å². The minimum absolute atomic E-state index is 0.501. The third kappa shape index (κ3) is 3.50. The van der Waals surface area contributed by atoms with Crippen molar-refractivity contribution in [2.45, 2.75) is 0 Å². The number of nitrogens with zero attached hydrogens (tertiary/aromatic N) is 4. The highest BCUT2D eigenvalue weighted by Crippen LogP contribution is 2.27. The highest BCUT2D eigenvalue weighted by atomic mass is 16.5. The molecule has 2 aromatic carbocycles. The third-order valence-corrected chi connectivity index (χ3v) is 4.19. The van der Waals surface area contributed by atoms with Gasteiger partial charge in [0.15, 0.2) is 5.65 Å². The average molecular weight is 372 g/mol. The van der Waals surface area contributed by atoms with E-state index in [9.17, 15) is 0 Å². The normalized spacial score (nSPS) is 10.6. The Balaban J connectivity index is 1.79. The molecule has 0 fully saturated rings. The molecule has 2 N–H and O–H groups in total. The molecule has 4 aromatic rings. The van der Waals surface area contributed by atoms with Crippen molar-refractivity contribution in [3.63, 3.8) is 0 Å². The SMILES string of the molecule is C=CCNc1nc(Nc2ccc(OC)cc2)c2cnn(-c3ccccc3)c2n1. The molecule has 0 saturated carbocycles. The lowest BCUT2D eigenvalue weighted by Gasteiger charge is -2.11. The van der Waals surface area contributed by atoms with Crippen LogP contribution in [0.3, 0.4) is 0 Å². The Morgan fingerprint density at radius 3 is 2.57 bits per heavy atom. The molecule has 28 heavy (non-hydrogen) atoms. The Bertz CT molecular complexity index is 1090. The van der Waals surface area contributed by atoms with E-state index in [2.05, 4.69) is 32.3 Å². The summed E-state index contributed by atoms with van der Waals surface area (Å²) in [6, 6.07) is 17.5. The van der Waals surface area contributed by atoms with E-state index in [1.165, 1.54) is 0 Å². The molecule has 0 unspecified atom stereocenters. The van der Waals surface area contributed by atoms with Gasteiger partial charge in [-0.2, -0.15) is 15.1 Å². The van der Waals surface area contributed by atoms with Crippen LogP contribution < -0.4 is 15.4 Å². The predicted molar refractivity (Wildman–Crippen MR) is 112 cm³/mol. The molecule has 7 nitrogen and oxygen atoms in total. The first kappa shape index (κ1) is 17.5. The Labute approximate surface area is 162 Å². The van der Waals surface area contributed by atoms with Gasteiger partial charge in [-0.3, -0.25) is 0 Å². The standard InChI is InChI=1S/C21H20N6O/c1-3-13-22-21-25-19(24-15-9-11-17(28-2)12-10-15)18-14-23-27(20(18)26-21)16-7-5-4-6-8-16/h3-12,14H,1,13H2,2H3,(H2,22,24,25,26). The van der Waals surface area contributed by atoms with Crippen LogP contribution in [0.4, 0.5) is 17.5 Å². The number of methoxy groups -OCH3 is 1. The summed E-state index contributed by atoms with van der Waals surface area (Å²) >= 11 is 0. The molecular formula is C21H20N6O. The summed E-state index contributed by atoms with van der Waals surface area (Å²) in [6.07, 6.45) is 3.53. The highest BCUT2D eigenvalue weighted by molar-refractivity contribution is 5.90. The number of hydrogen-bond donors (Lipinski definition) is 2. The summed E-state index contributed by atoms with van der Waals surface area (Å²) in [4.78, 5) is 9.27. The first-order valence-corrected chi connectivity index (χ1v) is 8.85. The Morgan fingerprint density at radius 2 is 1.86 bits per heavy atom. The quantitative estimate of drug-likeness (QED) is 0.474. The van der Waals surface area contributed by atoms with Gasteiger partial charge in [-0.05, 0) is 36.4 Å². The molecule has 0 bridgehead atoms. The lowest BCUT2D eigenvalue weighted by molar-refractivity contribution is 0.415. The van der Waals surface area contributed by atoms with Crippen molar-refractivity contribution in [1.29, 1.82) is 0 Å². The second-order valence-corrected chi connectivity index (χ2v) is 6.05. The molecule has 4 rings (SSSR count). The molecule has 0 saturated heterocycles. The summed E-state index contributed by atoms with van der Waals surface area (Å²) in [6.45, 7) is 4.30. The second-order valence-electron chi connectivity index (χ2n) is 6.05. The van der Waals surface area contributed by atoms with Crippen LogP contribution in [0.15, 0.2) is 73.4 Å². The Morgan fingerprint density at radius 1 is 1.07 bits per heavy atom. The molecule has 2 heterocycles. The Kier molecular flexibility index (Phi) is 4.88. The van der Waals surface area contributed by atoms with Crippen molar-refractivity contribution >= 4 is 28.5 Å². The number of anilines is 3. The first-order chi connectivity index (χ1) is 13.8. The molecule has 7 heteroatoms. The van der Waals surface area contributed by atoms with Gasteiger partial charge < -0.3 is 15.4 Å². The number of para-hydroxylation sites is 1. The number of ether oxygens (including phenoxy) is 1. The molecular weight excluding hydrogens is 352 g/mol. The maximum atomic E-state index is 5.22. The molecule has 0 radical (unpaired) electrons. The van der Waals surface area contributed by atoms with Crippen molar-refractivity contribution in [3.05, 3.63) is 73.4 Å². The number of benzene rings is 2. The van der Waals surface area contributed by atoms with Gasteiger partial charge in [0.25, 0.3) is 0 Å². The average Bonchev–Trinajstić information content (AvgIpc) is 3.18. The van der Waals surface area contributed by atoms with E-state index in [0.717, 1.165) is 22.5 Å². The molecule has 0 amide bonds. The van der Waals surface area contributed by atoms with Crippen LogP contribution in [0.25, 0.3) is 16.7 Å². The van der Waals surface area contributed by atoms with Crippen molar-refractivity contribution < 1.29 is 4.74 Å². The molecule has 0 spiro atoms. The number of fused-ring (bicyclic) bond motifs is 1. The predicted octanol–water partition coefficient (Wildman–Crippen LogP) is 4.17. The first-order valence-electron chi connectivity index (χ1n) is 8.85. The van der Waals surface area contributed by atoms with E-state index < -0.39 is 0 Å². The van der Waals surface area contributed by atoms with Crippen LogP contribution in [0.1, 0.15) is 0 Å². The van der Waals surface area contributed by atoms with Crippen molar-refractivity contribution in [1.82, 2.24) is 19.7 Å². The molecule has 140 valence electrons. The van der Waals surface area contributed by atoms with E-state index in [4.69, 9.17) is 4.74 Å². The van der Waals surface area contributed by atoms with Crippen molar-refractivity contribution in [2.75, 3.05) is 24.3 Å². The van der Waals surface area contributed by atoms with Gasteiger partial charge in [0.1, 0.15) is 11.6 Å². The lowest BCUT2D eigenvalue weighted by atomic mass is 10.3. The van der Waals surface area contributed by atoms with Gasteiger partial charge >= 0.3 is 0 Å². The van der Waals surface area contributed by atoms with E-state index >= 15 is 0 Å². The molecule has 0 atom stereocenters. The number of nitrogens with one attached hydrogen (secondary N) is 2. The number of aromatic nitrogens is 4. The molecule has 2 aromatic heterocycles. The fourth-order valence-electron chi connectivity index (χ4n) is 2.82. The topological polar surface area (TPSA) is 76.9 Å². The monoisotopic (exact) mass is 372 g/mol. The zero-order valence-electron chi connectivity index (χ0n) is 15.5. The van der Waals surface area contributed by atoms with Crippen LogP contribution in [0.5, 0.6) is 5.75 Å². The van der Waals surface area contributed by atoms with E-state index in [-0.39, 0.29) is 0 Å². The van der Waals surface area contributed by atoms with E-state index in [0.29, 0.717) is 24.0 Å². The fraction of sp³-hybridized carbons (Fsp3) is 0.0952. The maximum Gasteiger partial charge on any atom is 0.226 e. The van der Waals surface area contributed by atoms with Crippen LogP contribution >= 0.6 is 0 Å². The lowest BCUT2D eigenvalue weighted by Crippen LogP contribution is -2.07. The summed E-state index contributed by atoms with van der Waals surface area (Å²) in [5.41, 5.74) is 2.54. The minimum atomic E-state index is 0.501. The maximum absolute atomic E-state index is 5.22. The smallest absolute Gasteiger partial charge is 0.226 e. The highest BCUT2D eigenvalue weighted by Gasteiger charge is 2.14. The second kappa shape index (κ2) is 7.79. The fourth-order valence-corrected chi connectivity index (χ4v) is 2.82. The number of hydrogen-bond acceptors (Lipinski definition) is 6. The Hall–Kier alpha value is -3.87. The molecule has 0 aliphatic rings. The largest absolute Gasteiger partial charge is 0.497 e. The van der Waals surface area contributed by atoms with E-state index in [1.807, 2.05) is 54.6 Å². The van der Waals surface area contributed by atoms with Crippen LogP contribution in [0, 0.1) is 0 Å². The summed E-state index contributed by atoms with van der Waals surface area (Å²) in [5.74, 6) is 1.97. The summed E-state index contributed by atoms with van der Waals surface area (Å²) in [7, 11) is 1.64. The van der Waals surface area contributed by atoms with Crippen LogP contribution in [0.2, 0.25) is 0 Å². The van der Waals surface area contributed by atoms with Gasteiger partial charge in [0.05, 0.1) is 24.4 Å². The van der Waals surface area contributed by atoms with Gasteiger partial charge in [-0.15, -0.1) is 6.58 Å². The van der Waals surface area contributed by atoms with E-state index in [1.54, 1.807) is 24.1 Å². The van der Waals surface area contributed by atoms with Crippen molar-refractivity contribution in [3.8, 4) is 11.4 Å². The van der Waals surface area contributed by atoms with Gasteiger partial charge in [0.2, 0.25) is 5.95 Å². The zero-order valence-corrected chi connectivity index (χ0v) is 15.5.